The molecular formula is C30H32N2O4. The van der Waals surface area contributed by atoms with Crippen LogP contribution in [0.15, 0.2) is 102 Å². The summed E-state index contributed by atoms with van der Waals surface area (Å²) in [4.78, 5) is 23.5. The third-order valence-electron chi connectivity index (χ3n) is 5.29. The highest BCUT2D eigenvalue weighted by Gasteiger charge is 2.08. The lowest BCUT2D eigenvalue weighted by Gasteiger charge is -2.19. The summed E-state index contributed by atoms with van der Waals surface area (Å²) in [5, 5.41) is 6.56. The second kappa shape index (κ2) is 14.3. The fourth-order valence-corrected chi connectivity index (χ4v) is 3.36. The van der Waals surface area contributed by atoms with Gasteiger partial charge in [0.2, 0.25) is 0 Å². The molecule has 0 heterocycles. The van der Waals surface area contributed by atoms with Crippen LogP contribution in [0.4, 0.5) is 11.4 Å². The van der Waals surface area contributed by atoms with Crippen LogP contribution in [0.1, 0.15) is 44.6 Å². The number of esters is 2. The van der Waals surface area contributed by atoms with Crippen LogP contribution in [0.5, 0.6) is 5.75 Å². The monoisotopic (exact) mass is 484 g/mol. The van der Waals surface area contributed by atoms with Crippen molar-refractivity contribution in [1.82, 2.24) is 0 Å². The van der Waals surface area contributed by atoms with Crippen LogP contribution in [0.2, 0.25) is 0 Å². The largest absolute Gasteiger partial charge is 0.462 e. The molecule has 0 saturated carbocycles. The lowest BCUT2D eigenvalue weighted by molar-refractivity contribution is -0.139. The number of unbranched alkanes of at least 4 members (excludes halogenated alkanes) is 3. The van der Waals surface area contributed by atoms with E-state index in [2.05, 4.69) is 11.7 Å². The molecule has 3 aromatic rings. The lowest BCUT2D eigenvalue weighted by atomic mass is 10.1. The number of anilines is 2. The number of hydrazone groups is 1. The Balaban J connectivity index is 1.45. The molecule has 0 N–H and O–H groups in total. The molecule has 186 valence electrons. The molecule has 0 unspecified atom stereocenters. The van der Waals surface area contributed by atoms with Gasteiger partial charge in [-0.25, -0.2) is 9.80 Å². The Hall–Kier alpha value is -4.19. The van der Waals surface area contributed by atoms with E-state index in [4.69, 9.17) is 9.47 Å². The van der Waals surface area contributed by atoms with Crippen LogP contribution in [0, 0.1) is 0 Å². The van der Waals surface area contributed by atoms with Crippen molar-refractivity contribution in [3.63, 3.8) is 0 Å². The van der Waals surface area contributed by atoms with Crippen molar-refractivity contribution in [1.29, 1.82) is 0 Å². The lowest BCUT2D eigenvalue weighted by Crippen LogP contribution is -2.09. The van der Waals surface area contributed by atoms with E-state index in [0.717, 1.165) is 42.6 Å². The third kappa shape index (κ3) is 8.87. The van der Waals surface area contributed by atoms with Crippen molar-refractivity contribution in [2.45, 2.75) is 39.0 Å². The molecule has 36 heavy (non-hydrogen) atoms. The maximum absolute atomic E-state index is 12.1. The fourth-order valence-electron chi connectivity index (χ4n) is 3.36. The first-order chi connectivity index (χ1) is 17.5. The van der Waals surface area contributed by atoms with E-state index in [1.807, 2.05) is 77.8 Å². The van der Waals surface area contributed by atoms with E-state index < -0.39 is 0 Å². The highest BCUT2D eigenvalue weighted by molar-refractivity contribution is 5.86. The van der Waals surface area contributed by atoms with Crippen LogP contribution in [0.25, 0.3) is 0 Å². The van der Waals surface area contributed by atoms with E-state index in [9.17, 15) is 9.59 Å². The van der Waals surface area contributed by atoms with Gasteiger partial charge in [-0.2, -0.15) is 5.10 Å². The van der Waals surface area contributed by atoms with E-state index >= 15 is 0 Å². The van der Waals surface area contributed by atoms with E-state index in [1.165, 1.54) is 0 Å². The Bertz CT molecular complexity index is 1100. The molecule has 0 bridgehead atoms. The molecule has 6 nitrogen and oxygen atoms in total. The Morgan fingerprint density at radius 2 is 1.42 bits per heavy atom. The van der Waals surface area contributed by atoms with Gasteiger partial charge in [0.15, 0.2) is 0 Å². The van der Waals surface area contributed by atoms with Gasteiger partial charge >= 0.3 is 11.9 Å². The van der Waals surface area contributed by atoms with Crippen molar-refractivity contribution >= 4 is 29.5 Å². The van der Waals surface area contributed by atoms with Crippen LogP contribution < -0.4 is 9.75 Å². The van der Waals surface area contributed by atoms with E-state index in [0.29, 0.717) is 24.4 Å². The smallest absolute Gasteiger partial charge is 0.333 e. The number of nitrogens with zero attached hydrogens (tertiary/aromatic N) is 2. The van der Waals surface area contributed by atoms with Gasteiger partial charge < -0.3 is 9.47 Å². The molecule has 0 aliphatic rings. The minimum atomic E-state index is -0.361. The van der Waals surface area contributed by atoms with Gasteiger partial charge in [-0.3, -0.25) is 4.79 Å². The molecule has 0 atom stereocenters. The second-order valence-corrected chi connectivity index (χ2v) is 8.35. The molecule has 0 radical (unpaired) electrons. The summed E-state index contributed by atoms with van der Waals surface area (Å²) < 4.78 is 10.5. The number of hydrogen-bond acceptors (Lipinski definition) is 6. The summed E-state index contributed by atoms with van der Waals surface area (Å²) in [5.74, 6) is -0.114. The molecule has 0 fully saturated rings. The number of benzene rings is 3. The van der Waals surface area contributed by atoms with Crippen molar-refractivity contribution in [3.05, 3.63) is 103 Å². The maximum Gasteiger partial charge on any atom is 0.333 e. The summed E-state index contributed by atoms with van der Waals surface area (Å²) in [6, 6.07) is 27.2. The van der Waals surface area contributed by atoms with Crippen molar-refractivity contribution in [3.8, 4) is 5.75 Å². The Kier molecular flexibility index (Phi) is 10.5. The molecule has 0 amide bonds. The van der Waals surface area contributed by atoms with Crippen molar-refractivity contribution in [2.75, 3.05) is 11.6 Å². The molecule has 0 aliphatic carbocycles. The fraction of sp³-hybridized carbons (Fsp3) is 0.233. The molecule has 0 spiro atoms. The molecular weight excluding hydrogens is 452 g/mol. The molecule has 6 heteroatoms. The van der Waals surface area contributed by atoms with Gasteiger partial charge in [-0.05, 0) is 73.9 Å². The summed E-state index contributed by atoms with van der Waals surface area (Å²) in [6.07, 6.45) is 5.37. The third-order valence-corrected chi connectivity index (χ3v) is 5.29. The molecule has 0 aromatic heterocycles. The first-order valence-electron chi connectivity index (χ1n) is 12.1. The zero-order valence-electron chi connectivity index (χ0n) is 20.6. The summed E-state index contributed by atoms with van der Waals surface area (Å²) in [7, 11) is 0. The van der Waals surface area contributed by atoms with Gasteiger partial charge in [-0.15, -0.1) is 0 Å². The number of ether oxygens (including phenoxy) is 2. The van der Waals surface area contributed by atoms with Gasteiger partial charge in [0.1, 0.15) is 5.75 Å². The predicted octanol–water partition coefficient (Wildman–Crippen LogP) is 6.83. The van der Waals surface area contributed by atoms with Crippen LogP contribution in [0.3, 0.4) is 0 Å². The number of carbonyl (C=O) groups is 2. The van der Waals surface area contributed by atoms with Gasteiger partial charge in [0.05, 0.1) is 24.2 Å². The minimum absolute atomic E-state index is 0.260. The zero-order chi connectivity index (χ0) is 25.6. The Labute approximate surface area is 212 Å². The van der Waals surface area contributed by atoms with Crippen LogP contribution in [-0.4, -0.2) is 24.8 Å². The first-order valence-corrected chi connectivity index (χ1v) is 12.1. The minimum Gasteiger partial charge on any atom is -0.462 e. The van der Waals surface area contributed by atoms with Crippen LogP contribution >= 0.6 is 0 Å². The van der Waals surface area contributed by atoms with E-state index in [-0.39, 0.29) is 11.9 Å². The Morgan fingerprint density at radius 1 is 0.833 bits per heavy atom. The zero-order valence-corrected chi connectivity index (χ0v) is 20.6. The summed E-state index contributed by atoms with van der Waals surface area (Å²) >= 11 is 0. The highest BCUT2D eigenvalue weighted by Crippen LogP contribution is 2.25. The average molecular weight is 485 g/mol. The van der Waals surface area contributed by atoms with Gasteiger partial charge in [0, 0.05) is 12.0 Å². The van der Waals surface area contributed by atoms with E-state index in [1.54, 1.807) is 25.3 Å². The maximum atomic E-state index is 12.1. The number of carbonyl (C=O) groups excluding carboxylic acids is 2. The molecule has 3 rings (SSSR count). The number of hydrogen-bond donors (Lipinski definition) is 0. The average Bonchev–Trinajstić information content (AvgIpc) is 2.90. The SMILES string of the molecule is C=C(C)C(=O)OCCCCCCC(=O)Oc1ccc(/C=N/N(c2ccccc2)c2ccccc2)cc1. The molecule has 3 aromatic carbocycles. The standard InChI is InChI=1S/C30H32N2O4/c1-24(2)30(34)35-22-12-4-3-11-17-29(33)36-28-20-18-25(19-21-28)23-31-32(26-13-7-5-8-14-26)27-15-9-6-10-16-27/h5-10,13-16,18-21,23H,1,3-4,11-12,17,22H2,2H3/b31-23+. The predicted molar refractivity (Wildman–Crippen MR) is 144 cm³/mol. The first kappa shape index (κ1) is 26.4. The van der Waals surface area contributed by atoms with Crippen LogP contribution in [-0.2, 0) is 14.3 Å². The molecule has 0 saturated heterocycles. The topological polar surface area (TPSA) is 68.2 Å². The number of para-hydroxylation sites is 2. The summed E-state index contributed by atoms with van der Waals surface area (Å²) in [5.41, 5.74) is 3.20. The number of rotatable bonds is 13. The van der Waals surface area contributed by atoms with Gasteiger partial charge in [-0.1, -0.05) is 55.8 Å². The van der Waals surface area contributed by atoms with Crippen molar-refractivity contribution in [2.24, 2.45) is 5.10 Å². The quantitative estimate of drug-likeness (QED) is 0.0664. The summed E-state index contributed by atoms with van der Waals surface area (Å²) in [6.45, 7) is 5.55. The Morgan fingerprint density at radius 3 is 2.00 bits per heavy atom. The normalized spacial score (nSPS) is 10.7. The highest BCUT2D eigenvalue weighted by atomic mass is 16.5. The van der Waals surface area contributed by atoms with Crippen molar-refractivity contribution < 1.29 is 19.1 Å². The molecule has 0 aliphatic heterocycles. The van der Waals surface area contributed by atoms with Gasteiger partial charge in [0.25, 0.3) is 0 Å². The second-order valence-electron chi connectivity index (χ2n) is 8.35.